The summed E-state index contributed by atoms with van der Waals surface area (Å²) in [7, 11) is 1.59. The number of likely N-dealkylation sites (N-methyl/N-ethyl adjacent to an activating group) is 1. The fourth-order valence-electron chi connectivity index (χ4n) is 2.93. The summed E-state index contributed by atoms with van der Waals surface area (Å²) in [6, 6.07) is 10.1. The molecule has 132 valence electrons. The molecule has 2 heterocycles. The molecule has 25 heavy (non-hydrogen) atoms. The Labute approximate surface area is 151 Å². The molecular weight excluding hydrogens is 336 g/mol. The Hall–Kier alpha value is -2.54. The van der Waals surface area contributed by atoms with Crippen molar-refractivity contribution >= 4 is 34.6 Å². The summed E-state index contributed by atoms with van der Waals surface area (Å²) in [5.74, 6) is 0.517. The molecule has 0 atom stereocenters. The van der Waals surface area contributed by atoms with Crippen molar-refractivity contribution in [2.24, 2.45) is 10.7 Å². The molecule has 0 radical (unpaired) electrons. The molecular formula is C18H22N4O2S. The molecule has 7 heteroatoms. The van der Waals surface area contributed by atoms with Gasteiger partial charge in [-0.2, -0.15) is 0 Å². The Bertz CT molecular complexity index is 773. The topological polar surface area (TPSA) is 82.2 Å². The quantitative estimate of drug-likeness (QED) is 0.635. The number of anilines is 1. The third-order valence-corrected chi connectivity index (χ3v) is 5.23. The van der Waals surface area contributed by atoms with E-state index in [1.807, 2.05) is 23.6 Å². The number of fused-ring (bicyclic) bond motifs is 1. The number of benzene rings is 1. The van der Waals surface area contributed by atoms with E-state index in [2.05, 4.69) is 22.0 Å². The van der Waals surface area contributed by atoms with Gasteiger partial charge in [0.1, 0.15) is 5.84 Å². The van der Waals surface area contributed by atoms with E-state index in [0.29, 0.717) is 18.9 Å². The third kappa shape index (κ3) is 4.11. The molecule has 3 rings (SSSR count). The monoisotopic (exact) mass is 358 g/mol. The summed E-state index contributed by atoms with van der Waals surface area (Å²) in [6.07, 6.45) is 1.20. The average Bonchev–Trinajstić information content (AvgIpc) is 3.14. The normalized spacial score (nSPS) is 14.3. The number of hydrogen-bond acceptors (Lipinski definition) is 4. The number of rotatable bonds is 5. The molecule has 0 saturated heterocycles. The number of hydrogen-bond donors (Lipinski definition) is 2. The molecule has 0 unspecified atom stereocenters. The maximum absolute atomic E-state index is 11.0. The number of aliphatic imine (C=N–C) groups is 1. The van der Waals surface area contributed by atoms with Crippen LogP contribution in [-0.4, -0.2) is 48.6 Å². The van der Waals surface area contributed by atoms with Gasteiger partial charge in [0.25, 0.3) is 0 Å². The zero-order valence-corrected chi connectivity index (χ0v) is 15.0. The van der Waals surface area contributed by atoms with Gasteiger partial charge in [-0.05, 0) is 42.0 Å². The Morgan fingerprint density at radius 3 is 3.00 bits per heavy atom. The molecule has 1 aromatic carbocycles. The minimum absolute atomic E-state index is 0.472. The molecule has 2 aromatic rings. The van der Waals surface area contributed by atoms with Gasteiger partial charge in [0.2, 0.25) is 0 Å². The van der Waals surface area contributed by atoms with E-state index in [9.17, 15) is 4.79 Å². The predicted octanol–water partition coefficient (Wildman–Crippen LogP) is 3.15. The lowest BCUT2D eigenvalue weighted by molar-refractivity contribution is 0.157. The fraction of sp³-hybridized carbons (Fsp3) is 0.333. The highest BCUT2D eigenvalue weighted by Crippen LogP contribution is 2.31. The second-order valence-electron chi connectivity index (χ2n) is 6.08. The molecule has 0 saturated carbocycles. The minimum Gasteiger partial charge on any atom is -0.465 e. The lowest BCUT2D eigenvalue weighted by Crippen LogP contribution is -2.38. The number of nitrogens with two attached hydrogens (primary N) is 1. The molecule has 0 aliphatic carbocycles. The molecule has 1 aliphatic heterocycles. The summed E-state index contributed by atoms with van der Waals surface area (Å²) in [5, 5.41) is 11.0. The Morgan fingerprint density at radius 1 is 1.44 bits per heavy atom. The number of carboxylic acid groups (broad SMARTS) is 1. The van der Waals surface area contributed by atoms with Gasteiger partial charge in [-0.1, -0.05) is 12.1 Å². The smallest absolute Gasteiger partial charge is 0.407 e. The lowest BCUT2D eigenvalue weighted by atomic mass is 10.0. The average molecular weight is 358 g/mol. The molecule has 1 aliphatic rings. The maximum atomic E-state index is 11.0. The van der Waals surface area contributed by atoms with Gasteiger partial charge in [-0.15, -0.1) is 11.3 Å². The highest BCUT2D eigenvalue weighted by Gasteiger charge is 2.18. The Kier molecular flexibility index (Phi) is 5.23. The number of thiophene rings is 1. The molecule has 1 aromatic heterocycles. The summed E-state index contributed by atoms with van der Waals surface area (Å²) < 4.78 is 0. The molecule has 0 fully saturated rings. The molecule has 0 bridgehead atoms. The number of aryl methyl sites for hydroxylation is 1. The molecule has 0 spiro atoms. The van der Waals surface area contributed by atoms with Crippen molar-refractivity contribution in [3.8, 4) is 0 Å². The second kappa shape index (κ2) is 7.57. The molecule has 6 nitrogen and oxygen atoms in total. The SMILES string of the molecule is CN(CCN1CCCc2ccc(N=C(N)c3cccs3)cc21)C(=O)O. The van der Waals surface area contributed by atoms with Crippen LogP contribution in [0.1, 0.15) is 16.9 Å². The molecule has 1 amide bonds. The van der Waals surface area contributed by atoms with Crippen LogP contribution in [0.2, 0.25) is 0 Å². The van der Waals surface area contributed by atoms with Crippen LogP contribution in [0, 0.1) is 0 Å². The van der Waals surface area contributed by atoms with Crippen LogP contribution >= 0.6 is 11.3 Å². The van der Waals surface area contributed by atoms with E-state index in [1.54, 1.807) is 18.4 Å². The number of amides is 1. The highest BCUT2D eigenvalue weighted by atomic mass is 32.1. The zero-order valence-electron chi connectivity index (χ0n) is 14.2. The summed E-state index contributed by atoms with van der Waals surface area (Å²) >= 11 is 1.57. The van der Waals surface area contributed by atoms with E-state index in [1.165, 1.54) is 10.5 Å². The van der Waals surface area contributed by atoms with Gasteiger partial charge in [-0.25, -0.2) is 9.79 Å². The molecule has 3 N–H and O–H groups in total. The lowest BCUT2D eigenvalue weighted by Gasteiger charge is -2.32. The number of carbonyl (C=O) groups is 1. The highest BCUT2D eigenvalue weighted by molar-refractivity contribution is 7.12. The first-order chi connectivity index (χ1) is 12.0. The summed E-state index contributed by atoms with van der Waals surface area (Å²) in [4.78, 5) is 20.0. The largest absolute Gasteiger partial charge is 0.465 e. The van der Waals surface area contributed by atoms with Crippen molar-refractivity contribution in [1.29, 1.82) is 0 Å². The van der Waals surface area contributed by atoms with E-state index in [0.717, 1.165) is 35.6 Å². The van der Waals surface area contributed by atoms with Crippen molar-refractivity contribution in [2.75, 3.05) is 31.6 Å². The van der Waals surface area contributed by atoms with Gasteiger partial charge in [0.15, 0.2) is 0 Å². The number of nitrogens with zero attached hydrogens (tertiary/aromatic N) is 3. The van der Waals surface area contributed by atoms with Crippen LogP contribution in [0.15, 0.2) is 40.7 Å². The van der Waals surface area contributed by atoms with E-state index in [-0.39, 0.29) is 0 Å². The van der Waals surface area contributed by atoms with Crippen LogP contribution in [-0.2, 0) is 6.42 Å². The minimum atomic E-state index is -0.903. The van der Waals surface area contributed by atoms with Crippen molar-refractivity contribution in [3.63, 3.8) is 0 Å². The van der Waals surface area contributed by atoms with Gasteiger partial charge >= 0.3 is 6.09 Å². The van der Waals surface area contributed by atoms with Crippen LogP contribution in [0.5, 0.6) is 0 Å². The van der Waals surface area contributed by atoms with Gasteiger partial charge in [0, 0.05) is 32.4 Å². The van der Waals surface area contributed by atoms with E-state index in [4.69, 9.17) is 10.8 Å². The van der Waals surface area contributed by atoms with Gasteiger partial charge < -0.3 is 20.6 Å². The van der Waals surface area contributed by atoms with Crippen molar-refractivity contribution in [2.45, 2.75) is 12.8 Å². The third-order valence-electron chi connectivity index (χ3n) is 4.34. The predicted molar refractivity (Wildman–Crippen MR) is 102 cm³/mol. The zero-order chi connectivity index (χ0) is 17.8. The first-order valence-electron chi connectivity index (χ1n) is 8.24. The van der Waals surface area contributed by atoms with Crippen LogP contribution in [0.25, 0.3) is 0 Å². The van der Waals surface area contributed by atoms with Crippen molar-refractivity contribution < 1.29 is 9.90 Å². The van der Waals surface area contributed by atoms with Crippen LogP contribution < -0.4 is 10.6 Å². The number of amidine groups is 1. The van der Waals surface area contributed by atoms with E-state index >= 15 is 0 Å². The second-order valence-corrected chi connectivity index (χ2v) is 7.03. The fourth-order valence-corrected chi connectivity index (χ4v) is 3.55. The van der Waals surface area contributed by atoms with Crippen molar-refractivity contribution in [3.05, 3.63) is 46.2 Å². The first-order valence-corrected chi connectivity index (χ1v) is 9.12. The van der Waals surface area contributed by atoms with Gasteiger partial charge in [0.05, 0.1) is 10.6 Å². The standard InChI is InChI=1S/C18H22N4O2S/c1-21(18(23)24)9-10-22-8-2-4-13-6-7-14(12-15(13)22)20-17(19)16-5-3-11-25-16/h3,5-7,11-12H,2,4,8-10H2,1H3,(H2,19,20)(H,23,24). The first kappa shape index (κ1) is 17.3. The van der Waals surface area contributed by atoms with Crippen molar-refractivity contribution in [1.82, 2.24) is 4.90 Å². The van der Waals surface area contributed by atoms with E-state index < -0.39 is 6.09 Å². The van der Waals surface area contributed by atoms with Gasteiger partial charge in [-0.3, -0.25) is 0 Å². The van der Waals surface area contributed by atoms with Crippen LogP contribution in [0.4, 0.5) is 16.2 Å². The Morgan fingerprint density at radius 2 is 2.28 bits per heavy atom. The summed E-state index contributed by atoms with van der Waals surface area (Å²) in [5.41, 5.74) is 9.32. The summed E-state index contributed by atoms with van der Waals surface area (Å²) in [6.45, 7) is 2.07. The maximum Gasteiger partial charge on any atom is 0.407 e. The Balaban J connectivity index is 1.80. The van der Waals surface area contributed by atoms with Crippen LogP contribution in [0.3, 0.4) is 0 Å².